The summed E-state index contributed by atoms with van der Waals surface area (Å²) in [6.07, 6.45) is 6.36. The molecule has 0 unspecified atom stereocenters. The van der Waals surface area contributed by atoms with Crippen molar-refractivity contribution in [3.05, 3.63) is 21.2 Å². The van der Waals surface area contributed by atoms with E-state index in [4.69, 9.17) is 11.6 Å². The molecule has 1 saturated carbocycles. The van der Waals surface area contributed by atoms with Crippen molar-refractivity contribution in [2.24, 2.45) is 5.92 Å². The second-order valence-corrected chi connectivity index (χ2v) is 7.96. The highest BCUT2D eigenvalue weighted by atomic mass is 35.5. The van der Waals surface area contributed by atoms with Gasteiger partial charge in [0.05, 0.1) is 5.69 Å². The van der Waals surface area contributed by atoms with Crippen LogP contribution in [-0.2, 0) is 10.2 Å². The maximum Gasteiger partial charge on any atom is 0.326 e. The molecule has 0 amide bonds. The van der Waals surface area contributed by atoms with Gasteiger partial charge in [0.1, 0.15) is 6.04 Å². The Balaban J connectivity index is 1.93. The van der Waals surface area contributed by atoms with Crippen LogP contribution in [0.5, 0.6) is 0 Å². The third-order valence-corrected chi connectivity index (χ3v) is 5.56. The molecule has 0 aromatic carbocycles. The van der Waals surface area contributed by atoms with Crippen molar-refractivity contribution >= 4 is 23.4 Å². The van der Waals surface area contributed by atoms with Gasteiger partial charge in [-0.2, -0.15) is 0 Å². The van der Waals surface area contributed by atoms with Gasteiger partial charge in [-0.05, 0) is 25.2 Å². The molecular weight excluding hydrogens is 330 g/mol. The maximum atomic E-state index is 12.8. The number of aromatic nitrogens is 2. The van der Waals surface area contributed by atoms with Gasteiger partial charge in [-0.15, -0.1) is 0 Å². The van der Waals surface area contributed by atoms with Crippen LogP contribution in [0.1, 0.15) is 64.1 Å². The fraction of sp³-hybridized carbons (Fsp3) is 0.706. The maximum absolute atomic E-state index is 12.8. The first kappa shape index (κ1) is 17.3. The summed E-state index contributed by atoms with van der Waals surface area (Å²) in [4.78, 5) is 28.6. The highest BCUT2D eigenvalue weighted by Crippen LogP contribution is 2.42. The van der Waals surface area contributed by atoms with E-state index < -0.39 is 17.4 Å². The van der Waals surface area contributed by atoms with Gasteiger partial charge in [-0.3, -0.25) is 9.36 Å². The number of nitrogens with zero attached hydrogens (tertiary/aromatic N) is 2. The summed E-state index contributed by atoms with van der Waals surface area (Å²) in [5.74, 6) is -0.314. The Morgan fingerprint density at radius 1 is 1.38 bits per heavy atom. The minimum atomic E-state index is -1.01. The fourth-order valence-corrected chi connectivity index (χ4v) is 4.46. The van der Waals surface area contributed by atoms with E-state index in [2.05, 4.69) is 10.3 Å². The Bertz CT molecular complexity index is 708. The van der Waals surface area contributed by atoms with Gasteiger partial charge in [-0.1, -0.05) is 44.7 Å². The third-order valence-electron chi connectivity index (χ3n) is 5.29. The summed E-state index contributed by atoms with van der Waals surface area (Å²) in [7, 11) is 0. The molecule has 2 heterocycles. The smallest absolute Gasteiger partial charge is 0.326 e. The number of aliphatic carboxylic acids is 1. The number of hydrogen-bond acceptors (Lipinski definition) is 4. The monoisotopic (exact) mass is 353 g/mol. The lowest BCUT2D eigenvalue weighted by molar-refractivity contribution is -0.140. The summed E-state index contributed by atoms with van der Waals surface area (Å²) >= 11 is 6.32. The van der Waals surface area contributed by atoms with Crippen molar-refractivity contribution in [3.8, 4) is 0 Å². The van der Waals surface area contributed by atoms with E-state index in [-0.39, 0.29) is 16.5 Å². The van der Waals surface area contributed by atoms with Crippen molar-refractivity contribution < 1.29 is 9.90 Å². The molecular formula is C17H24ClN3O3. The van der Waals surface area contributed by atoms with Crippen molar-refractivity contribution in [2.75, 3.05) is 11.9 Å². The standard InChI is InChI=1S/C17H24ClN3O3/c1-17(2)8-11(16(23)24)21-12(17)13(18)20-14(15(21)22)19-9-10-6-4-3-5-7-10/h10-11H,3-9H2,1-2H3,(H,19,20)(H,23,24)/t11-/m0/s1. The van der Waals surface area contributed by atoms with Crippen LogP contribution in [-0.4, -0.2) is 27.2 Å². The average Bonchev–Trinajstić information content (AvgIpc) is 2.83. The Labute approximate surface area is 146 Å². The Morgan fingerprint density at radius 2 is 2.04 bits per heavy atom. The van der Waals surface area contributed by atoms with E-state index in [0.717, 1.165) is 12.8 Å². The quantitative estimate of drug-likeness (QED) is 0.868. The van der Waals surface area contributed by atoms with E-state index >= 15 is 0 Å². The van der Waals surface area contributed by atoms with E-state index in [1.165, 1.54) is 23.8 Å². The van der Waals surface area contributed by atoms with Gasteiger partial charge in [0.2, 0.25) is 0 Å². The number of nitrogens with one attached hydrogen (secondary N) is 1. The molecule has 1 fully saturated rings. The summed E-state index contributed by atoms with van der Waals surface area (Å²) < 4.78 is 1.32. The lowest BCUT2D eigenvalue weighted by Gasteiger charge is -2.23. The summed E-state index contributed by atoms with van der Waals surface area (Å²) in [5.41, 5.74) is -0.359. The Morgan fingerprint density at radius 3 is 2.67 bits per heavy atom. The zero-order valence-electron chi connectivity index (χ0n) is 14.1. The number of carboxylic acids is 1. The Kier molecular flexibility index (Phi) is 4.60. The molecule has 1 aromatic rings. The summed E-state index contributed by atoms with van der Waals surface area (Å²) in [6.45, 7) is 4.47. The van der Waals surface area contributed by atoms with Crippen LogP contribution in [0.25, 0.3) is 0 Å². The number of carbonyl (C=O) groups is 1. The summed E-state index contributed by atoms with van der Waals surface area (Å²) in [6, 6.07) is -0.891. The first-order valence-corrected chi connectivity index (χ1v) is 8.98. The average molecular weight is 354 g/mol. The molecule has 2 aliphatic rings. The van der Waals surface area contributed by atoms with Gasteiger partial charge in [-0.25, -0.2) is 9.78 Å². The van der Waals surface area contributed by atoms with Crippen molar-refractivity contribution in [3.63, 3.8) is 0 Å². The van der Waals surface area contributed by atoms with Crippen molar-refractivity contribution in [1.82, 2.24) is 9.55 Å². The van der Waals surface area contributed by atoms with Crippen LogP contribution in [0.3, 0.4) is 0 Å². The minimum absolute atomic E-state index is 0.165. The number of halogens is 1. The molecule has 0 bridgehead atoms. The van der Waals surface area contributed by atoms with Crippen LogP contribution >= 0.6 is 11.6 Å². The molecule has 0 radical (unpaired) electrons. The van der Waals surface area contributed by atoms with Crippen molar-refractivity contribution in [2.45, 2.75) is 63.8 Å². The van der Waals surface area contributed by atoms with Crippen LogP contribution in [0, 0.1) is 5.92 Å². The fourth-order valence-electron chi connectivity index (χ4n) is 4.03. The predicted molar refractivity (Wildman–Crippen MR) is 92.9 cm³/mol. The van der Waals surface area contributed by atoms with Crippen LogP contribution in [0.4, 0.5) is 5.82 Å². The number of hydrogen-bond donors (Lipinski definition) is 2. The van der Waals surface area contributed by atoms with Gasteiger partial charge in [0.15, 0.2) is 11.0 Å². The van der Waals surface area contributed by atoms with E-state index in [0.29, 0.717) is 24.6 Å². The third kappa shape index (κ3) is 3.04. The summed E-state index contributed by atoms with van der Waals surface area (Å²) in [5, 5.41) is 12.8. The minimum Gasteiger partial charge on any atom is -0.480 e. The highest BCUT2D eigenvalue weighted by molar-refractivity contribution is 6.30. The van der Waals surface area contributed by atoms with Gasteiger partial charge >= 0.3 is 5.97 Å². The molecule has 2 N–H and O–H groups in total. The second-order valence-electron chi connectivity index (χ2n) is 7.60. The normalized spacial score (nSPS) is 23.0. The van der Waals surface area contributed by atoms with E-state index in [9.17, 15) is 14.7 Å². The van der Waals surface area contributed by atoms with Crippen LogP contribution < -0.4 is 10.9 Å². The SMILES string of the molecule is CC1(C)C[C@@H](C(=O)O)n2c1c(Cl)nc(NCC1CCCCC1)c2=O. The molecule has 1 aromatic heterocycles. The predicted octanol–water partition coefficient (Wildman–Crippen LogP) is 3.20. The molecule has 1 atom stereocenters. The van der Waals surface area contributed by atoms with Gasteiger partial charge in [0, 0.05) is 12.0 Å². The number of fused-ring (bicyclic) bond motifs is 1. The lowest BCUT2D eigenvalue weighted by atomic mass is 9.87. The van der Waals surface area contributed by atoms with Crippen molar-refractivity contribution in [1.29, 1.82) is 0 Å². The van der Waals surface area contributed by atoms with Crippen LogP contribution in [0.2, 0.25) is 5.15 Å². The molecule has 6 nitrogen and oxygen atoms in total. The van der Waals surface area contributed by atoms with E-state index in [1.54, 1.807) is 0 Å². The number of carboxylic acid groups (broad SMARTS) is 1. The molecule has 24 heavy (non-hydrogen) atoms. The lowest BCUT2D eigenvalue weighted by Crippen LogP contribution is -2.32. The molecule has 7 heteroatoms. The first-order chi connectivity index (χ1) is 11.3. The second kappa shape index (κ2) is 6.39. The van der Waals surface area contributed by atoms with Crippen LogP contribution in [0.15, 0.2) is 4.79 Å². The Hall–Kier alpha value is -1.56. The number of anilines is 1. The van der Waals surface area contributed by atoms with Gasteiger partial charge < -0.3 is 10.4 Å². The molecule has 1 aliphatic carbocycles. The molecule has 1 aliphatic heterocycles. The topological polar surface area (TPSA) is 84.2 Å². The number of rotatable bonds is 4. The highest BCUT2D eigenvalue weighted by Gasteiger charge is 2.44. The molecule has 132 valence electrons. The zero-order chi connectivity index (χ0) is 17.5. The largest absolute Gasteiger partial charge is 0.480 e. The first-order valence-electron chi connectivity index (χ1n) is 8.60. The molecule has 0 spiro atoms. The van der Waals surface area contributed by atoms with E-state index in [1.807, 2.05) is 13.8 Å². The molecule has 0 saturated heterocycles. The zero-order valence-corrected chi connectivity index (χ0v) is 14.9. The molecule has 3 rings (SSSR count). The van der Waals surface area contributed by atoms with Gasteiger partial charge in [0.25, 0.3) is 5.56 Å².